The van der Waals surface area contributed by atoms with Gasteiger partial charge in [0.05, 0.1) is 18.9 Å². The summed E-state index contributed by atoms with van der Waals surface area (Å²) in [5.41, 5.74) is 4.68. The molecular weight excluding hydrogens is 435 g/mol. The summed E-state index contributed by atoms with van der Waals surface area (Å²) in [6.45, 7) is 3.11. The number of hydrogen-bond acceptors (Lipinski definition) is 3. The average molecular weight is 464 g/mol. The Morgan fingerprint density at radius 3 is 1.97 bits per heavy atom. The minimum Gasteiger partial charge on any atom is -0.248 e. The van der Waals surface area contributed by atoms with E-state index in [1.807, 2.05) is 16.9 Å². The molecule has 0 atom stereocenters. The molecule has 0 spiro atoms. The molecule has 34 heavy (non-hydrogen) atoms. The highest BCUT2D eigenvalue weighted by Crippen LogP contribution is 2.50. The molecule has 0 aliphatic carbocycles. The zero-order valence-corrected chi connectivity index (χ0v) is 20.2. The van der Waals surface area contributed by atoms with Gasteiger partial charge in [0.25, 0.3) is 0 Å². The molecule has 0 aliphatic rings. The Hall–Kier alpha value is -3.62. The Morgan fingerprint density at radius 2 is 1.32 bits per heavy atom. The van der Waals surface area contributed by atoms with Crippen molar-refractivity contribution in [1.29, 1.82) is 0 Å². The summed E-state index contributed by atoms with van der Waals surface area (Å²) in [6.07, 6.45) is 5.77. The van der Waals surface area contributed by atoms with Crippen LogP contribution in [0.4, 0.5) is 0 Å². The van der Waals surface area contributed by atoms with E-state index >= 15 is 0 Å². The van der Waals surface area contributed by atoms with Crippen LogP contribution in [0.1, 0.15) is 16.8 Å². The van der Waals surface area contributed by atoms with Gasteiger partial charge in [-0.3, -0.25) is 0 Å². The number of pyridine rings is 1. The van der Waals surface area contributed by atoms with Gasteiger partial charge in [-0.2, -0.15) is 0 Å². The van der Waals surface area contributed by atoms with Gasteiger partial charge in [0.15, 0.2) is 5.44 Å². The van der Waals surface area contributed by atoms with Crippen LogP contribution < -0.4 is 16.0 Å². The van der Waals surface area contributed by atoms with Crippen LogP contribution in [0.5, 0.6) is 0 Å². The van der Waals surface area contributed by atoms with Gasteiger partial charge in [-0.15, -0.1) is 5.10 Å². The lowest BCUT2D eigenvalue weighted by atomic mass is 10.1. The molecule has 0 bridgehead atoms. The van der Waals surface area contributed by atoms with Crippen LogP contribution in [0, 0.1) is 0 Å². The molecule has 5 aromatic rings. The largest absolute Gasteiger partial charge is 0.248 e. The van der Waals surface area contributed by atoms with Crippen LogP contribution in [0.15, 0.2) is 116 Å². The number of benzene rings is 3. The number of hydrogen-bond donors (Lipinski definition) is 0. The van der Waals surface area contributed by atoms with Crippen LogP contribution in [0.2, 0.25) is 0 Å². The SMILES string of the molecule is C[P+](c1ccccc1)(c1ccccc1)c1cc(CCc2cn(Cc3ccccc3)nn2)ccn1. The summed E-state index contributed by atoms with van der Waals surface area (Å²) in [4.78, 5) is 4.89. The van der Waals surface area contributed by atoms with E-state index < -0.39 is 7.26 Å². The second kappa shape index (κ2) is 10.1. The van der Waals surface area contributed by atoms with Crippen molar-refractivity contribution in [3.05, 3.63) is 132 Å². The normalized spacial score (nSPS) is 11.4. The standard InChI is InChI=1S/C29H28N4P/c1-34(27-13-7-3-8-14-27,28-15-9-4-10-16-28)29-21-24(19-20-30-29)17-18-26-23-33(32-31-26)22-25-11-5-2-6-12-25/h2-16,19-21,23H,17-18,22H2,1H3/q+1. The minimum absolute atomic E-state index is 0.740. The van der Waals surface area contributed by atoms with Crippen LogP contribution >= 0.6 is 7.26 Å². The first kappa shape index (κ1) is 22.2. The molecule has 3 aromatic carbocycles. The molecule has 0 radical (unpaired) electrons. The summed E-state index contributed by atoms with van der Waals surface area (Å²) in [7, 11) is -1.83. The first-order valence-electron chi connectivity index (χ1n) is 11.6. The fraction of sp³-hybridized carbons (Fsp3) is 0.138. The Labute approximate surface area is 201 Å². The lowest BCUT2D eigenvalue weighted by Crippen LogP contribution is -2.32. The zero-order valence-electron chi connectivity index (χ0n) is 19.3. The Balaban J connectivity index is 1.37. The van der Waals surface area contributed by atoms with Crippen molar-refractivity contribution in [3.63, 3.8) is 0 Å². The van der Waals surface area contributed by atoms with Crippen LogP contribution in [0.3, 0.4) is 0 Å². The molecule has 0 saturated heterocycles. The Kier molecular flexibility index (Phi) is 6.60. The maximum atomic E-state index is 4.89. The lowest BCUT2D eigenvalue weighted by molar-refractivity contribution is 0.649. The van der Waals surface area contributed by atoms with E-state index in [-0.39, 0.29) is 0 Å². The van der Waals surface area contributed by atoms with Gasteiger partial charge >= 0.3 is 0 Å². The Morgan fingerprint density at radius 1 is 0.706 bits per heavy atom. The van der Waals surface area contributed by atoms with Gasteiger partial charge in [-0.05, 0) is 54.3 Å². The second-order valence-electron chi connectivity index (χ2n) is 8.59. The van der Waals surface area contributed by atoms with E-state index in [1.54, 1.807) is 0 Å². The van der Waals surface area contributed by atoms with Crippen molar-refractivity contribution in [3.8, 4) is 0 Å². The molecule has 5 heteroatoms. The molecule has 4 nitrogen and oxygen atoms in total. The third-order valence-corrected chi connectivity index (χ3v) is 10.1. The highest BCUT2D eigenvalue weighted by atomic mass is 31.2. The summed E-state index contributed by atoms with van der Waals surface area (Å²) < 4.78 is 1.91. The smallest absolute Gasteiger partial charge is 0.192 e. The van der Waals surface area contributed by atoms with Crippen molar-refractivity contribution in [2.75, 3.05) is 6.66 Å². The van der Waals surface area contributed by atoms with Gasteiger partial charge in [-0.1, -0.05) is 71.9 Å². The highest BCUT2D eigenvalue weighted by Gasteiger charge is 2.41. The molecule has 0 aliphatic heterocycles. The van der Waals surface area contributed by atoms with Gasteiger partial charge < -0.3 is 0 Å². The van der Waals surface area contributed by atoms with Crippen LogP contribution in [-0.2, 0) is 19.4 Å². The van der Waals surface area contributed by atoms with Crippen molar-refractivity contribution in [2.45, 2.75) is 19.4 Å². The van der Waals surface area contributed by atoms with Gasteiger partial charge in [0.1, 0.15) is 17.9 Å². The lowest BCUT2D eigenvalue weighted by Gasteiger charge is -2.22. The summed E-state index contributed by atoms with van der Waals surface area (Å²) >= 11 is 0. The maximum absolute atomic E-state index is 4.89. The topological polar surface area (TPSA) is 43.6 Å². The van der Waals surface area contributed by atoms with E-state index in [0.29, 0.717) is 0 Å². The minimum atomic E-state index is -1.83. The Bertz CT molecular complexity index is 1290. The number of aryl methyl sites for hydroxylation is 2. The molecule has 0 N–H and O–H groups in total. The zero-order chi connectivity index (χ0) is 23.2. The molecule has 0 amide bonds. The van der Waals surface area contributed by atoms with Crippen molar-refractivity contribution in [2.24, 2.45) is 0 Å². The van der Waals surface area contributed by atoms with Crippen molar-refractivity contribution in [1.82, 2.24) is 20.0 Å². The van der Waals surface area contributed by atoms with Crippen LogP contribution in [-0.4, -0.2) is 26.6 Å². The second-order valence-corrected chi connectivity index (χ2v) is 12.1. The van der Waals surface area contributed by atoms with E-state index in [2.05, 4.69) is 120 Å². The summed E-state index contributed by atoms with van der Waals surface area (Å²) in [5.74, 6) is 0. The molecule has 0 saturated carbocycles. The predicted molar refractivity (Wildman–Crippen MR) is 142 cm³/mol. The van der Waals surface area contributed by atoms with Crippen molar-refractivity contribution >= 4 is 23.3 Å². The molecule has 2 heterocycles. The molecule has 0 fully saturated rings. The maximum Gasteiger partial charge on any atom is 0.192 e. The van der Waals surface area contributed by atoms with Gasteiger partial charge in [-0.25, -0.2) is 9.67 Å². The fourth-order valence-corrected chi connectivity index (χ4v) is 7.39. The van der Waals surface area contributed by atoms with E-state index in [0.717, 1.165) is 30.5 Å². The van der Waals surface area contributed by atoms with Gasteiger partial charge in [0, 0.05) is 18.5 Å². The van der Waals surface area contributed by atoms with E-state index in [9.17, 15) is 0 Å². The molecule has 168 valence electrons. The quantitative estimate of drug-likeness (QED) is 0.320. The van der Waals surface area contributed by atoms with Crippen LogP contribution in [0.25, 0.3) is 0 Å². The van der Waals surface area contributed by atoms with E-state index in [4.69, 9.17) is 4.98 Å². The fourth-order valence-electron chi connectivity index (χ4n) is 4.30. The summed E-state index contributed by atoms with van der Waals surface area (Å²) in [5, 5.41) is 11.4. The predicted octanol–water partition coefficient (Wildman–Crippen LogP) is 4.43. The van der Waals surface area contributed by atoms with E-state index in [1.165, 1.54) is 21.7 Å². The number of aromatic nitrogens is 4. The third kappa shape index (κ3) is 4.83. The number of nitrogens with zero attached hydrogens (tertiary/aromatic N) is 4. The first-order chi connectivity index (χ1) is 16.7. The highest BCUT2D eigenvalue weighted by molar-refractivity contribution is 7.95. The average Bonchev–Trinajstić information content (AvgIpc) is 3.36. The number of rotatable bonds is 8. The first-order valence-corrected chi connectivity index (χ1v) is 13.8. The summed E-state index contributed by atoms with van der Waals surface area (Å²) in [6, 6.07) is 36.4. The monoisotopic (exact) mass is 463 g/mol. The molecule has 5 rings (SSSR count). The molecule has 2 aromatic heterocycles. The molecule has 0 unspecified atom stereocenters. The van der Waals surface area contributed by atoms with Crippen molar-refractivity contribution < 1.29 is 0 Å². The third-order valence-electron chi connectivity index (χ3n) is 6.26. The van der Waals surface area contributed by atoms with Gasteiger partial charge in [0.2, 0.25) is 0 Å². The molecular formula is C29H28N4P+.